The summed E-state index contributed by atoms with van der Waals surface area (Å²) in [6, 6.07) is 0. The summed E-state index contributed by atoms with van der Waals surface area (Å²) < 4.78 is 0. The van der Waals surface area contributed by atoms with E-state index in [4.69, 9.17) is 0 Å². The van der Waals surface area contributed by atoms with Gasteiger partial charge >= 0.3 is 0 Å². The Kier molecular flexibility index (Phi) is 4.83. The predicted molar refractivity (Wildman–Crippen MR) is 57.3 cm³/mol. The molecule has 0 bridgehead atoms. The molecule has 0 aliphatic carbocycles. The number of rotatable bonds is 5. The van der Waals surface area contributed by atoms with Crippen LogP contribution < -0.4 is 0 Å². The van der Waals surface area contributed by atoms with E-state index in [9.17, 15) is 0 Å². The molecule has 1 heterocycles. The van der Waals surface area contributed by atoms with E-state index in [2.05, 4.69) is 28.8 Å². The van der Waals surface area contributed by atoms with E-state index < -0.39 is 0 Å². The number of hydrogen-bond acceptors (Lipinski definition) is 3. The lowest BCUT2D eigenvalue weighted by molar-refractivity contribution is 0.315. The molecule has 13 heavy (non-hydrogen) atoms. The van der Waals surface area contributed by atoms with Gasteiger partial charge in [-0.05, 0) is 33.0 Å². The van der Waals surface area contributed by atoms with Crippen LogP contribution >= 0.6 is 0 Å². The van der Waals surface area contributed by atoms with Crippen LogP contribution in [0.5, 0.6) is 0 Å². The lowest BCUT2D eigenvalue weighted by Crippen LogP contribution is -2.30. The average Bonchev–Trinajstić information content (AvgIpc) is 2.19. The van der Waals surface area contributed by atoms with Crippen molar-refractivity contribution < 1.29 is 0 Å². The fourth-order valence-electron chi connectivity index (χ4n) is 1.47. The minimum absolute atomic E-state index is 1.02. The third-order valence-electron chi connectivity index (χ3n) is 2.50. The summed E-state index contributed by atoms with van der Waals surface area (Å²) >= 11 is 0. The molecule has 3 nitrogen and oxygen atoms in total. The van der Waals surface area contributed by atoms with E-state index in [-0.39, 0.29) is 0 Å². The van der Waals surface area contributed by atoms with Crippen molar-refractivity contribution in [1.29, 1.82) is 0 Å². The molecule has 76 valence electrons. The highest BCUT2D eigenvalue weighted by molar-refractivity contribution is 5.55. The molecule has 1 aliphatic heterocycles. The molecule has 1 aliphatic rings. The van der Waals surface area contributed by atoms with E-state index in [0.29, 0.717) is 0 Å². The van der Waals surface area contributed by atoms with E-state index in [1.807, 2.05) is 6.34 Å². The van der Waals surface area contributed by atoms with Crippen LogP contribution in [0.15, 0.2) is 4.99 Å². The molecule has 0 radical (unpaired) electrons. The zero-order valence-corrected chi connectivity index (χ0v) is 8.87. The van der Waals surface area contributed by atoms with E-state index in [1.165, 1.54) is 25.9 Å². The molecule has 0 aromatic rings. The summed E-state index contributed by atoms with van der Waals surface area (Å²) in [6.07, 6.45) is 4.48. The van der Waals surface area contributed by atoms with Crippen LogP contribution in [0.1, 0.15) is 19.8 Å². The van der Waals surface area contributed by atoms with Gasteiger partial charge < -0.3 is 9.80 Å². The second-order valence-electron chi connectivity index (χ2n) is 3.66. The maximum atomic E-state index is 4.26. The molecule has 0 atom stereocenters. The van der Waals surface area contributed by atoms with Crippen molar-refractivity contribution in [2.24, 2.45) is 4.99 Å². The van der Waals surface area contributed by atoms with Gasteiger partial charge in [-0.15, -0.1) is 0 Å². The van der Waals surface area contributed by atoms with Crippen molar-refractivity contribution in [3.8, 4) is 0 Å². The third kappa shape index (κ3) is 4.27. The molecule has 1 rings (SSSR count). The van der Waals surface area contributed by atoms with Crippen molar-refractivity contribution in [2.45, 2.75) is 19.8 Å². The molecule has 0 spiro atoms. The molecule has 3 heteroatoms. The van der Waals surface area contributed by atoms with E-state index in [0.717, 1.165) is 19.6 Å². The zero-order valence-electron chi connectivity index (χ0n) is 8.87. The molecule has 0 saturated heterocycles. The summed E-state index contributed by atoms with van der Waals surface area (Å²) in [4.78, 5) is 8.94. The largest absolute Gasteiger partial charge is 0.363 e. The maximum absolute atomic E-state index is 4.26. The summed E-state index contributed by atoms with van der Waals surface area (Å²) in [5, 5.41) is 0. The van der Waals surface area contributed by atoms with Crippen LogP contribution in [0.2, 0.25) is 0 Å². The Morgan fingerprint density at radius 1 is 1.54 bits per heavy atom. The molecule has 0 aromatic carbocycles. The average molecular weight is 183 g/mol. The van der Waals surface area contributed by atoms with Gasteiger partial charge in [-0.3, -0.25) is 4.99 Å². The van der Waals surface area contributed by atoms with Gasteiger partial charge in [0.05, 0.1) is 6.34 Å². The first-order chi connectivity index (χ1) is 6.33. The second-order valence-corrected chi connectivity index (χ2v) is 3.66. The number of nitrogens with zero attached hydrogens (tertiary/aromatic N) is 3. The van der Waals surface area contributed by atoms with Crippen LogP contribution in [0, 0.1) is 0 Å². The maximum Gasteiger partial charge on any atom is 0.0849 e. The predicted octanol–water partition coefficient (Wildman–Crippen LogP) is 1.06. The fraction of sp³-hybridized carbons (Fsp3) is 0.900. The quantitative estimate of drug-likeness (QED) is 0.635. The highest BCUT2D eigenvalue weighted by Gasteiger charge is 2.03. The van der Waals surface area contributed by atoms with Gasteiger partial charge in [-0.25, -0.2) is 0 Å². The monoisotopic (exact) mass is 183 g/mol. The van der Waals surface area contributed by atoms with Gasteiger partial charge in [0.1, 0.15) is 0 Å². The molecule has 0 fully saturated rings. The van der Waals surface area contributed by atoms with Crippen molar-refractivity contribution in [3.05, 3.63) is 0 Å². The lowest BCUT2D eigenvalue weighted by atomic mass is 10.3. The summed E-state index contributed by atoms with van der Waals surface area (Å²) in [6.45, 7) is 7.91. The Hall–Kier alpha value is -0.570. The van der Waals surface area contributed by atoms with Crippen molar-refractivity contribution in [1.82, 2.24) is 9.80 Å². The van der Waals surface area contributed by atoms with Crippen LogP contribution in [-0.2, 0) is 0 Å². The normalized spacial score (nSPS) is 17.0. The topological polar surface area (TPSA) is 18.8 Å². The zero-order chi connectivity index (χ0) is 9.52. The van der Waals surface area contributed by atoms with Crippen LogP contribution in [-0.4, -0.2) is 55.9 Å². The van der Waals surface area contributed by atoms with Crippen molar-refractivity contribution in [2.75, 3.05) is 39.8 Å². The molecule has 0 unspecified atom stereocenters. The van der Waals surface area contributed by atoms with Crippen molar-refractivity contribution >= 4 is 6.34 Å². The Bertz CT molecular complexity index is 156. The van der Waals surface area contributed by atoms with Crippen LogP contribution in [0.25, 0.3) is 0 Å². The fourth-order valence-corrected chi connectivity index (χ4v) is 1.47. The molecule has 0 amide bonds. The Morgan fingerprint density at radius 2 is 2.38 bits per heavy atom. The standard InChI is InChI=1S/C10H21N3/c1-3-12(2)7-5-9-13-8-4-6-11-10-13/h10H,3-9H2,1-2H3. The summed E-state index contributed by atoms with van der Waals surface area (Å²) in [7, 11) is 2.17. The smallest absolute Gasteiger partial charge is 0.0849 e. The third-order valence-corrected chi connectivity index (χ3v) is 2.50. The number of hydrogen-bond donors (Lipinski definition) is 0. The number of aliphatic imine (C=N–C) groups is 1. The minimum Gasteiger partial charge on any atom is -0.363 e. The minimum atomic E-state index is 1.02. The van der Waals surface area contributed by atoms with E-state index in [1.54, 1.807) is 0 Å². The lowest BCUT2D eigenvalue weighted by Gasteiger charge is -2.23. The first-order valence-corrected chi connectivity index (χ1v) is 5.25. The van der Waals surface area contributed by atoms with Gasteiger partial charge in [-0.2, -0.15) is 0 Å². The Balaban J connectivity index is 2.04. The molecule has 0 saturated carbocycles. The van der Waals surface area contributed by atoms with E-state index >= 15 is 0 Å². The highest BCUT2D eigenvalue weighted by Crippen LogP contribution is 1.98. The molecular formula is C10H21N3. The first-order valence-electron chi connectivity index (χ1n) is 5.25. The van der Waals surface area contributed by atoms with Gasteiger partial charge in [0, 0.05) is 19.6 Å². The van der Waals surface area contributed by atoms with Crippen LogP contribution in [0.4, 0.5) is 0 Å². The highest BCUT2D eigenvalue weighted by atomic mass is 15.2. The van der Waals surface area contributed by atoms with Crippen molar-refractivity contribution in [3.63, 3.8) is 0 Å². The molecule has 0 N–H and O–H groups in total. The van der Waals surface area contributed by atoms with Gasteiger partial charge in [-0.1, -0.05) is 6.92 Å². The molecular weight excluding hydrogens is 162 g/mol. The Labute approximate surface area is 81.4 Å². The second kappa shape index (κ2) is 5.97. The van der Waals surface area contributed by atoms with Gasteiger partial charge in [0.25, 0.3) is 0 Å². The van der Waals surface area contributed by atoms with Gasteiger partial charge in [0.2, 0.25) is 0 Å². The van der Waals surface area contributed by atoms with Crippen LogP contribution in [0.3, 0.4) is 0 Å². The Morgan fingerprint density at radius 3 is 3.00 bits per heavy atom. The first kappa shape index (κ1) is 10.5. The SMILES string of the molecule is CCN(C)CCCN1C=NCCC1. The summed E-state index contributed by atoms with van der Waals surface area (Å²) in [5.74, 6) is 0. The molecule has 0 aromatic heterocycles. The van der Waals surface area contributed by atoms with Gasteiger partial charge in [0.15, 0.2) is 0 Å². The summed E-state index contributed by atoms with van der Waals surface area (Å²) in [5.41, 5.74) is 0.